The highest BCUT2D eigenvalue weighted by Gasteiger charge is 2.22. The van der Waals surface area contributed by atoms with Gasteiger partial charge in [-0.15, -0.1) is 0 Å². The number of nitro groups is 1. The van der Waals surface area contributed by atoms with Crippen LogP contribution in [0.2, 0.25) is 0 Å². The number of halogens is 1. The molecular formula is C14H7BrN2O4S2. The number of non-ortho nitro benzene ring substituents is 1. The van der Waals surface area contributed by atoms with E-state index in [0.717, 1.165) is 11.8 Å². The molecule has 1 amide bonds. The minimum absolute atomic E-state index is 0.0319. The van der Waals surface area contributed by atoms with E-state index in [1.54, 1.807) is 24.3 Å². The average Bonchev–Trinajstić information content (AvgIpc) is 3.06. The van der Waals surface area contributed by atoms with Crippen LogP contribution < -0.4 is 5.32 Å². The normalized spacial score (nSPS) is 16.0. The molecule has 0 bridgehead atoms. The van der Waals surface area contributed by atoms with Crippen molar-refractivity contribution in [3.05, 3.63) is 55.6 Å². The number of rotatable bonds is 3. The summed E-state index contributed by atoms with van der Waals surface area (Å²) in [4.78, 5) is 22.5. The number of nitrogens with one attached hydrogen (secondary N) is 1. The van der Waals surface area contributed by atoms with Gasteiger partial charge in [-0.05, 0) is 18.2 Å². The summed E-state index contributed by atoms with van der Waals surface area (Å²) in [7, 11) is 0. The van der Waals surface area contributed by atoms with Crippen molar-refractivity contribution in [1.29, 1.82) is 0 Å². The molecule has 2 aromatic rings. The van der Waals surface area contributed by atoms with Gasteiger partial charge in [0.1, 0.15) is 15.8 Å². The summed E-state index contributed by atoms with van der Waals surface area (Å²) >= 11 is 9.42. The molecule has 3 rings (SSSR count). The summed E-state index contributed by atoms with van der Waals surface area (Å²) in [5.74, 6) is 0.647. The van der Waals surface area contributed by atoms with Crippen molar-refractivity contribution in [2.75, 3.05) is 0 Å². The highest BCUT2D eigenvalue weighted by Crippen LogP contribution is 2.34. The first-order valence-electron chi connectivity index (χ1n) is 6.23. The average molecular weight is 411 g/mol. The zero-order valence-corrected chi connectivity index (χ0v) is 14.5. The van der Waals surface area contributed by atoms with E-state index < -0.39 is 4.92 Å². The van der Waals surface area contributed by atoms with Crippen molar-refractivity contribution >= 4 is 61.9 Å². The topological polar surface area (TPSA) is 85.4 Å². The van der Waals surface area contributed by atoms with Crippen LogP contribution in [0.15, 0.2) is 44.1 Å². The van der Waals surface area contributed by atoms with E-state index in [2.05, 4.69) is 21.2 Å². The summed E-state index contributed by atoms with van der Waals surface area (Å²) in [5.41, 5.74) is 0.526. The second kappa shape index (κ2) is 6.26. The Hall–Kier alpha value is -1.97. The predicted octanol–water partition coefficient (Wildman–Crippen LogP) is 4.11. The molecule has 1 saturated heterocycles. The SMILES string of the molecule is O=C1NC(=S)S/C1=C\c1ccc(-c2cc([N+](=O)[O-])ccc2Br)o1. The third-order valence-electron chi connectivity index (χ3n) is 2.97. The first-order chi connectivity index (χ1) is 10.9. The molecule has 1 aliphatic heterocycles. The van der Waals surface area contributed by atoms with Gasteiger partial charge < -0.3 is 9.73 Å². The molecule has 1 aromatic carbocycles. The standard InChI is InChI=1S/C14H7BrN2O4S2/c15-10-3-1-7(17(19)20)5-9(10)11-4-2-8(21-11)6-12-13(18)16-14(22)23-12/h1-6H,(H,16,18,22)/b12-6-. The number of thioether (sulfide) groups is 1. The molecule has 0 unspecified atom stereocenters. The molecule has 23 heavy (non-hydrogen) atoms. The molecule has 1 aromatic heterocycles. The van der Waals surface area contributed by atoms with E-state index in [9.17, 15) is 14.9 Å². The fourth-order valence-electron chi connectivity index (χ4n) is 1.94. The lowest BCUT2D eigenvalue weighted by atomic mass is 10.1. The summed E-state index contributed by atoms with van der Waals surface area (Å²) in [6.45, 7) is 0. The number of carbonyl (C=O) groups is 1. The van der Waals surface area contributed by atoms with Gasteiger partial charge in [0.05, 0.1) is 9.83 Å². The lowest BCUT2D eigenvalue weighted by Crippen LogP contribution is -2.17. The molecule has 0 aliphatic carbocycles. The van der Waals surface area contributed by atoms with Crippen LogP contribution in [0.1, 0.15) is 5.76 Å². The first kappa shape index (κ1) is 15.9. The maximum Gasteiger partial charge on any atom is 0.270 e. The van der Waals surface area contributed by atoms with Crippen molar-refractivity contribution in [2.45, 2.75) is 0 Å². The molecule has 0 atom stereocenters. The Morgan fingerprint density at radius 1 is 1.35 bits per heavy atom. The predicted molar refractivity (Wildman–Crippen MR) is 94.8 cm³/mol. The fourth-order valence-corrected chi connectivity index (χ4v) is 3.41. The zero-order chi connectivity index (χ0) is 16.6. The van der Waals surface area contributed by atoms with Gasteiger partial charge in [-0.2, -0.15) is 0 Å². The van der Waals surface area contributed by atoms with Crippen LogP contribution in [-0.2, 0) is 4.79 Å². The Kier molecular flexibility index (Phi) is 4.33. The smallest absolute Gasteiger partial charge is 0.270 e. The summed E-state index contributed by atoms with van der Waals surface area (Å²) in [6.07, 6.45) is 1.58. The number of nitro benzene ring substituents is 1. The Morgan fingerprint density at radius 2 is 2.13 bits per heavy atom. The van der Waals surface area contributed by atoms with E-state index in [4.69, 9.17) is 16.6 Å². The molecule has 116 valence electrons. The number of furan rings is 1. The van der Waals surface area contributed by atoms with Crippen LogP contribution >= 0.6 is 39.9 Å². The number of nitrogens with zero attached hydrogens (tertiary/aromatic N) is 1. The minimum atomic E-state index is -0.470. The largest absolute Gasteiger partial charge is 0.457 e. The van der Waals surface area contributed by atoms with E-state index in [0.29, 0.717) is 30.8 Å². The van der Waals surface area contributed by atoms with Gasteiger partial charge in [0, 0.05) is 28.2 Å². The van der Waals surface area contributed by atoms with Gasteiger partial charge in [0.2, 0.25) is 0 Å². The van der Waals surface area contributed by atoms with E-state index >= 15 is 0 Å². The number of benzene rings is 1. The maximum absolute atomic E-state index is 11.6. The Morgan fingerprint density at radius 3 is 2.78 bits per heavy atom. The van der Waals surface area contributed by atoms with Crippen LogP contribution in [0.5, 0.6) is 0 Å². The maximum atomic E-state index is 11.6. The monoisotopic (exact) mass is 410 g/mol. The summed E-state index contributed by atoms with van der Waals surface area (Å²) < 4.78 is 6.73. The molecule has 9 heteroatoms. The van der Waals surface area contributed by atoms with Gasteiger partial charge >= 0.3 is 0 Å². The molecule has 1 aliphatic rings. The van der Waals surface area contributed by atoms with Crippen molar-refractivity contribution < 1.29 is 14.1 Å². The second-order valence-corrected chi connectivity index (χ2v) is 7.05. The summed E-state index contributed by atoms with van der Waals surface area (Å²) in [6, 6.07) is 7.79. The van der Waals surface area contributed by atoms with Crippen LogP contribution in [0, 0.1) is 10.1 Å². The molecule has 1 fully saturated rings. The van der Waals surface area contributed by atoms with Crippen LogP contribution in [0.4, 0.5) is 5.69 Å². The van der Waals surface area contributed by atoms with E-state index in [-0.39, 0.29) is 11.6 Å². The molecule has 2 heterocycles. The van der Waals surface area contributed by atoms with Crippen molar-refractivity contribution in [3.63, 3.8) is 0 Å². The number of amides is 1. The zero-order valence-electron chi connectivity index (χ0n) is 11.2. The second-order valence-electron chi connectivity index (χ2n) is 4.48. The quantitative estimate of drug-likeness (QED) is 0.354. The van der Waals surface area contributed by atoms with Gasteiger partial charge in [-0.25, -0.2) is 0 Å². The number of carbonyl (C=O) groups excluding carboxylic acids is 1. The third kappa shape index (κ3) is 3.36. The van der Waals surface area contributed by atoms with E-state index in [1.165, 1.54) is 12.1 Å². The van der Waals surface area contributed by atoms with Crippen LogP contribution in [-0.4, -0.2) is 15.2 Å². The first-order valence-corrected chi connectivity index (χ1v) is 8.25. The molecule has 0 saturated carbocycles. The molecular weight excluding hydrogens is 404 g/mol. The molecule has 0 spiro atoms. The summed E-state index contributed by atoms with van der Waals surface area (Å²) in [5, 5.41) is 13.4. The van der Waals surface area contributed by atoms with Crippen molar-refractivity contribution in [3.8, 4) is 11.3 Å². The highest BCUT2D eigenvalue weighted by molar-refractivity contribution is 9.10. The van der Waals surface area contributed by atoms with E-state index in [1.807, 2.05) is 0 Å². The van der Waals surface area contributed by atoms with Crippen LogP contribution in [0.25, 0.3) is 17.4 Å². The Labute approximate surface area is 148 Å². The third-order valence-corrected chi connectivity index (χ3v) is 4.82. The minimum Gasteiger partial charge on any atom is -0.457 e. The van der Waals surface area contributed by atoms with Crippen molar-refractivity contribution in [1.82, 2.24) is 5.32 Å². The Balaban J connectivity index is 1.95. The Bertz CT molecular complexity index is 875. The number of hydrogen-bond acceptors (Lipinski definition) is 6. The molecule has 0 radical (unpaired) electrons. The number of thiocarbonyl (C=S) groups is 1. The van der Waals surface area contributed by atoms with Gasteiger partial charge in [-0.3, -0.25) is 14.9 Å². The van der Waals surface area contributed by atoms with Gasteiger partial charge in [0.25, 0.3) is 11.6 Å². The van der Waals surface area contributed by atoms with Gasteiger partial charge in [0.15, 0.2) is 0 Å². The molecule has 1 N–H and O–H groups in total. The van der Waals surface area contributed by atoms with Crippen molar-refractivity contribution in [2.24, 2.45) is 0 Å². The van der Waals surface area contributed by atoms with Gasteiger partial charge in [-0.1, -0.05) is 39.9 Å². The highest BCUT2D eigenvalue weighted by atomic mass is 79.9. The fraction of sp³-hybridized carbons (Fsp3) is 0. The number of hydrogen-bond donors (Lipinski definition) is 1. The van der Waals surface area contributed by atoms with Crippen LogP contribution in [0.3, 0.4) is 0 Å². The lowest BCUT2D eigenvalue weighted by Gasteiger charge is -2.01. The lowest BCUT2D eigenvalue weighted by molar-refractivity contribution is -0.384. The molecule has 6 nitrogen and oxygen atoms in total.